The summed E-state index contributed by atoms with van der Waals surface area (Å²) in [4.78, 5) is 11.5. The number of carbonyl (C=O) groups excluding carboxylic acids is 1. The number of methoxy groups -OCH3 is 1. The second-order valence-corrected chi connectivity index (χ2v) is 4.19. The van der Waals surface area contributed by atoms with Crippen LogP contribution in [0.4, 0.5) is 0 Å². The maximum Gasteiger partial charge on any atom is 0.354 e. The molecule has 0 saturated heterocycles. The van der Waals surface area contributed by atoms with Crippen LogP contribution in [0.25, 0.3) is 10.9 Å². The van der Waals surface area contributed by atoms with Crippen LogP contribution in [-0.2, 0) is 11.8 Å². The molecule has 0 saturated carbocycles. The van der Waals surface area contributed by atoms with Crippen molar-refractivity contribution in [2.24, 2.45) is 7.05 Å². The number of rotatable bonds is 1. The molecule has 0 amide bonds. The molecule has 2 rings (SSSR count). The van der Waals surface area contributed by atoms with Crippen molar-refractivity contribution >= 4 is 40.1 Å². The monoisotopic (exact) mass is 257 g/mol. The molecule has 84 valence electrons. The molecule has 0 N–H and O–H groups in total. The molecule has 0 unspecified atom stereocenters. The Labute approximate surface area is 103 Å². The van der Waals surface area contributed by atoms with Gasteiger partial charge in [-0.3, -0.25) is 0 Å². The van der Waals surface area contributed by atoms with E-state index in [2.05, 4.69) is 4.74 Å². The lowest BCUT2D eigenvalue weighted by atomic mass is 10.2. The van der Waals surface area contributed by atoms with Crippen molar-refractivity contribution in [3.05, 3.63) is 33.9 Å². The summed E-state index contributed by atoms with van der Waals surface area (Å²) in [6, 6.07) is 5.08. The fourth-order valence-electron chi connectivity index (χ4n) is 1.69. The van der Waals surface area contributed by atoms with Crippen LogP contribution in [0.3, 0.4) is 0 Å². The molecule has 16 heavy (non-hydrogen) atoms. The number of aryl methyl sites for hydroxylation is 1. The summed E-state index contributed by atoms with van der Waals surface area (Å²) in [5.74, 6) is -0.411. The van der Waals surface area contributed by atoms with Crippen LogP contribution < -0.4 is 0 Å². The van der Waals surface area contributed by atoms with E-state index in [9.17, 15) is 4.79 Å². The number of esters is 1. The Morgan fingerprint density at radius 3 is 2.50 bits per heavy atom. The van der Waals surface area contributed by atoms with Crippen LogP contribution in [0, 0.1) is 0 Å². The highest BCUT2D eigenvalue weighted by Crippen LogP contribution is 2.32. The van der Waals surface area contributed by atoms with Crippen molar-refractivity contribution in [3.8, 4) is 0 Å². The first-order chi connectivity index (χ1) is 7.56. The zero-order valence-corrected chi connectivity index (χ0v) is 10.3. The fourth-order valence-corrected chi connectivity index (χ4v) is 2.19. The van der Waals surface area contributed by atoms with E-state index in [4.69, 9.17) is 23.2 Å². The van der Waals surface area contributed by atoms with E-state index >= 15 is 0 Å². The summed E-state index contributed by atoms with van der Waals surface area (Å²) in [5, 5.41) is 1.86. The number of aromatic nitrogens is 1. The lowest BCUT2D eigenvalue weighted by Gasteiger charge is -2.03. The molecule has 1 heterocycles. The van der Waals surface area contributed by atoms with Gasteiger partial charge in [-0.25, -0.2) is 4.79 Å². The molecule has 1 aromatic carbocycles. The largest absolute Gasteiger partial charge is 0.464 e. The zero-order valence-electron chi connectivity index (χ0n) is 8.75. The standard InChI is InChI=1S/C11H9Cl2NO2/c1-14-9(11(15)16-2)5-6-7(12)3-4-8(13)10(6)14/h3-5H,1-2H3. The Morgan fingerprint density at radius 1 is 1.31 bits per heavy atom. The SMILES string of the molecule is COC(=O)c1cc2c(Cl)ccc(Cl)c2n1C. The molecule has 0 spiro atoms. The third kappa shape index (κ3) is 1.56. The van der Waals surface area contributed by atoms with Gasteiger partial charge in [0.25, 0.3) is 0 Å². The highest BCUT2D eigenvalue weighted by Gasteiger charge is 2.16. The summed E-state index contributed by atoms with van der Waals surface area (Å²) >= 11 is 12.1. The molecule has 0 aliphatic rings. The number of halogens is 2. The summed E-state index contributed by atoms with van der Waals surface area (Å²) in [6.45, 7) is 0. The minimum atomic E-state index is -0.411. The number of hydrogen-bond donors (Lipinski definition) is 0. The first-order valence-electron chi connectivity index (χ1n) is 4.58. The Bertz CT molecular complexity index is 575. The molecule has 0 atom stereocenters. The molecule has 5 heteroatoms. The average Bonchev–Trinajstić information content (AvgIpc) is 2.62. The first kappa shape index (κ1) is 11.3. The maximum atomic E-state index is 11.5. The number of hydrogen-bond acceptors (Lipinski definition) is 2. The quantitative estimate of drug-likeness (QED) is 0.735. The second-order valence-electron chi connectivity index (χ2n) is 3.37. The third-order valence-corrected chi connectivity index (χ3v) is 3.12. The van der Waals surface area contributed by atoms with Gasteiger partial charge in [-0.2, -0.15) is 0 Å². The summed E-state index contributed by atoms with van der Waals surface area (Å²) < 4.78 is 6.36. The van der Waals surface area contributed by atoms with Crippen LogP contribution in [0.15, 0.2) is 18.2 Å². The van der Waals surface area contributed by atoms with E-state index in [1.165, 1.54) is 7.11 Å². The lowest BCUT2D eigenvalue weighted by molar-refractivity contribution is 0.0590. The van der Waals surface area contributed by atoms with E-state index in [0.717, 1.165) is 10.9 Å². The number of ether oxygens (including phenoxy) is 1. The predicted molar refractivity (Wildman–Crippen MR) is 64.3 cm³/mol. The Kier molecular flexibility index (Phi) is 2.82. The van der Waals surface area contributed by atoms with Gasteiger partial charge in [-0.15, -0.1) is 0 Å². The molecule has 0 aliphatic carbocycles. The number of carbonyl (C=O) groups is 1. The second kappa shape index (κ2) is 4.00. The highest BCUT2D eigenvalue weighted by molar-refractivity contribution is 6.40. The summed E-state index contributed by atoms with van der Waals surface area (Å²) in [6.07, 6.45) is 0. The predicted octanol–water partition coefficient (Wildman–Crippen LogP) is 3.27. The van der Waals surface area contributed by atoms with Gasteiger partial charge >= 0.3 is 5.97 Å². The van der Waals surface area contributed by atoms with Crippen molar-refractivity contribution in [2.45, 2.75) is 0 Å². The van der Waals surface area contributed by atoms with Crippen molar-refractivity contribution in [1.82, 2.24) is 4.57 Å². The van der Waals surface area contributed by atoms with E-state index in [-0.39, 0.29) is 0 Å². The van der Waals surface area contributed by atoms with E-state index in [0.29, 0.717) is 15.7 Å². The lowest BCUT2D eigenvalue weighted by Crippen LogP contribution is -2.07. The Balaban J connectivity index is 2.82. The number of fused-ring (bicyclic) bond motifs is 1. The fraction of sp³-hybridized carbons (Fsp3) is 0.182. The minimum absolute atomic E-state index is 0.411. The van der Waals surface area contributed by atoms with E-state index in [1.807, 2.05) is 0 Å². The maximum absolute atomic E-state index is 11.5. The van der Waals surface area contributed by atoms with E-state index in [1.54, 1.807) is 29.8 Å². The van der Waals surface area contributed by atoms with Gasteiger partial charge in [-0.1, -0.05) is 23.2 Å². The highest BCUT2D eigenvalue weighted by atomic mass is 35.5. The van der Waals surface area contributed by atoms with Crippen LogP contribution in [0.1, 0.15) is 10.5 Å². The number of nitrogens with zero attached hydrogens (tertiary/aromatic N) is 1. The van der Waals surface area contributed by atoms with Gasteiger partial charge in [0, 0.05) is 12.4 Å². The van der Waals surface area contributed by atoms with Crippen LogP contribution in [-0.4, -0.2) is 17.6 Å². The minimum Gasteiger partial charge on any atom is -0.464 e. The van der Waals surface area contributed by atoms with Gasteiger partial charge in [0.2, 0.25) is 0 Å². The topological polar surface area (TPSA) is 31.2 Å². The first-order valence-corrected chi connectivity index (χ1v) is 5.33. The van der Waals surface area contributed by atoms with Gasteiger partial charge < -0.3 is 9.30 Å². The van der Waals surface area contributed by atoms with Crippen LogP contribution in [0.2, 0.25) is 10.0 Å². The van der Waals surface area contributed by atoms with Crippen molar-refractivity contribution < 1.29 is 9.53 Å². The molecule has 0 aliphatic heterocycles. The number of benzene rings is 1. The van der Waals surface area contributed by atoms with Gasteiger partial charge in [0.15, 0.2) is 0 Å². The summed E-state index contributed by atoms with van der Waals surface area (Å²) in [7, 11) is 3.08. The van der Waals surface area contributed by atoms with Crippen molar-refractivity contribution in [2.75, 3.05) is 7.11 Å². The zero-order chi connectivity index (χ0) is 11.9. The smallest absolute Gasteiger partial charge is 0.354 e. The van der Waals surface area contributed by atoms with Crippen LogP contribution >= 0.6 is 23.2 Å². The normalized spacial score (nSPS) is 10.8. The molecule has 2 aromatic rings. The van der Waals surface area contributed by atoms with Crippen molar-refractivity contribution in [3.63, 3.8) is 0 Å². The van der Waals surface area contributed by atoms with Gasteiger partial charge in [-0.05, 0) is 18.2 Å². The van der Waals surface area contributed by atoms with Crippen LogP contribution in [0.5, 0.6) is 0 Å². The average molecular weight is 258 g/mol. The third-order valence-electron chi connectivity index (χ3n) is 2.49. The Hall–Kier alpha value is -1.19. The Morgan fingerprint density at radius 2 is 1.94 bits per heavy atom. The van der Waals surface area contributed by atoms with Crippen molar-refractivity contribution in [1.29, 1.82) is 0 Å². The molecule has 0 fully saturated rings. The molecular formula is C11H9Cl2NO2. The molecular weight excluding hydrogens is 249 g/mol. The van der Waals surface area contributed by atoms with E-state index < -0.39 is 5.97 Å². The van der Waals surface area contributed by atoms with Gasteiger partial charge in [0.05, 0.1) is 22.7 Å². The van der Waals surface area contributed by atoms with Gasteiger partial charge in [0.1, 0.15) is 5.69 Å². The molecule has 0 radical (unpaired) electrons. The molecule has 0 bridgehead atoms. The molecule has 3 nitrogen and oxygen atoms in total. The molecule has 1 aromatic heterocycles. The summed E-state index contributed by atoms with van der Waals surface area (Å²) in [5.41, 5.74) is 1.15.